The van der Waals surface area contributed by atoms with Crippen molar-refractivity contribution in [2.24, 2.45) is 17.3 Å². The molecule has 1 aliphatic carbocycles. The summed E-state index contributed by atoms with van der Waals surface area (Å²) in [5.41, 5.74) is -1.51. The maximum Gasteiger partial charge on any atom is 0.182 e. The van der Waals surface area contributed by atoms with Crippen LogP contribution in [0.25, 0.3) is 6.08 Å². The number of carbonyl (C=O) groups is 1. The van der Waals surface area contributed by atoms with Crippen molar-refractivity contribution in [1.82, 2.24) is 0 Å². The SMILES string of the molecule is N#CC(C#N)C(C#N)(C#N)[C@@H]1CCC/C(=C\c2ccco2)C1=O. The number of carbonyl (C=O) groups excluding carboxylic acids is 1. The lowest BCUT2D eigenvalue weighted by atomic mass is 9.63. The molecular formula is C17H12N4O2. The van der Waals surface area contributed by atoms with E-state index >= 15 is 0 Å². The predicted molar refractivity (Wildman–Crippen MR) is 77.4 cm³/mol. The number of nitrogens with zero attached hydrogens (tertiary/aromatic N) is 4. The van der Waals surface area contributed by atoms with E-state index in [9.17, 15) is 15.3 Å². The number of nitriles is 4. The molecule has 0 amide bonds. The first kappa shape index (κ1) is 16.0. The zero-order valence-corrected chi connectivity index (χ0v) is 12.2. The second-order valence-corrected chi connectivity index (χ2v) is 5.28. The van der Waals surface area contributed by atoms with Gasteiger partial charge in [-0.05, 0) is 43.0 Å². The van der Waals surface area contributed by atoms with E-state index in [1.54, 1.807) is 42.5 Å². The zero-order chi connectivity index (χ0) is 16.9. The third kappa shape index (κ3) is 2.71. The summed E-state index contributed by atoms with van der Waals surface area (Å²) < 4.78 is 5.18. The highest BCUT2D eigenvalue weighted by Crippen LogP contribution is 2.43. The third-order valence-corrected chi connectivity index (χ3v) is 4.06. The van der Waals surface area contributed by atoms with Crippen molar-refractivity contribution in [1.29, 1.82) is 21.0 Å². The normalized spacial score (nSPS) is 19.6. The van der Waals surface area contributed by atoms with Crippen molar-refractivity contribution >= 4 is 11.9 Å². The van der Waals surface area contributed by atoms with Crippen LogP contribution in [0.1, 0.15) is 25.0 Å². The van der Waals surface area contributed by atoms with Crippen molar-refractivity contribution < 1.29 is 9.21 Å². The molecule has 1 atom stereocenters. The number of Topliss-reactive ketones (excluding diaryl/α,β-unsaturated/α-hetero) is 1. The van der Waals surface area contributed by atoms with E-state index in [0.29, 0.717) is 30.6 Å². The Bertz CT molecular complexity index is 766. The molecule has 0 aliphatic heterocycles. The summed E-state index contributed by atoms with van der Waals surface area (Å²) >= 11 is 0. The average Bonchev–Trinajstić information content (AvgIpc) is 3.08. The summed E-state index contributed by atoms with van der Waals surface area (Å²) in [6.07, 6.45) is 4.47. The van der Waals surface area contributed by atoms with Gasteiger partial charge in [0, 0.05) is 0 Å². The monoisotopic (exact) mass is 304 g/mol. The third-order valence-electron chi connectivity index (χ3n) is 4.06. The fraction of sp³-hybridized carbons (Fsp3) is 0.353. The molecule has 0 radical (unpaired) electrons. The predicted octanol–water partition coefficient (Wildman–Crippen LogP) is 2.73. The molecule has 6 nitrogen and oxygen atoms in total. The molecule has 23 heavy (non-hydrogen) atoms. The van der Waals surface area contributed by atoms with Gasteiger partial charge in [-0.3, -0.25) is 4.79 Å². The van der Waals surface area contributed by atoms with Gasteiger partial charge < -0.3 is 4.42 Å². The smallest absolute Gasteiger partial charge is 0.182 e. The van der Waals surface area contributed by atoms with Crippen LogP contribution in [0.2, 0.25) is 0 Å². The second-order valence-electron chi connectivity index (χ2n) is 5.28. The largest absolute Gasteiger partial charge is 0.465 e. The minimum absolute atomic E-state index is 0.301. The summed E-state index contributed by atoms with van der Waals surface area (Å²) in [5, 5.41) is 37.1. The Hall–Kier alpha value is -3.35. The number of rotatable bonds is 3. The highest BCUT2D eigenvalue weighted by molar-refractivity contribution is 6.02. The minimum Gasteiger partial charge on any atom is -0.465 e. The van der Waals surface area contributed by atoms with Gasteiger partial charge in [-0.25, -0.2) is 0 Å². The van der Waals surface area contributed by atoms with Crippen LogP contribution in [0.3, 0.4) is 0 Å². The highest BCUT2D eigenvalue weighted by Gasteiger charge is 2.52. The first-order chi connectivity index (χ1) is 11.1. The summed E-state index contributed by atoms with van der Waals surface area (Å²) in [6, 6.07) is 10.3. The maximum atomic E-state index is 12.7. The Morgan fingerprint density at radius 2 is 1.96 bits per heavy atom. The van der Waals surface area contributed by atoms with E-state index in [1.807, 2.05) is 0 Å². The highest BCUT2D eigenvalue weighted by atomic mass is 16.3. The molecule has 1 saturated carbocycles. The number of allylic oxidation sites excluding steroid dienone is 1. The molecule has 0 N–H and O–H groups in total. The van der Waals surface area contributed by atoms with Crippen LogP contribution in [0.15, 0.2) is 28.4 Å². The van der Waals surface area contributed by atoms with E-state index in [0.717, 1.165) is 0 Å². The lowest BCUT2D eigenvalue weighted by Gasteiger charge is -2.32. The molecule has 1 aromatic heterocycles. The van der Waals surface area contributed by atoms with Gasteiger partial charge in [0.1, 0.15) is 5.76 Å². The molecule has 0 bridgehead atoms. The van der Waals surface area contributed by atoms with E-state index in [-0.39, 0.29) is 5.78 Å². The Morgan fingerprint density at radius 1 is 1.26 bits per heavy atom. The quantitative estimate of drug-likeness (QED) is 0.790. The van der Waals surface area contributed by atoms with Gasteiger partial charge in [0.05, 0.1) is 36.5 Å². The van der Waals surface area contributed by atoms with Crippen molar-refractivity contribution in [3.63, 3.8) is 0 Å². The second kappa shape index (κ2) is 6.61. The van der Waals surface area contributed by atoms with Crippen LogP contribution >= 0.6 is 0 Å². The van der Waals surface area contributed by atoms with Crippen LogP contribution in [0.5, 0.6) is 0 Å². The Morgan fingerprint density at radius 3 is 2.48 bits per heavy atom. The molecule has 0 saturated heterocycles. The van der Waals surface area contributed by atoms with Gasteiger partial charge in [-0.1, -0.05) is 0 Å². The van der Waals surface area contributed by atoms with E-state index < -0.39 is 17.3 Å². The first-order valence-corrected chi connectivity index (χ1v) is 7.03. The van der Waals surface area contributed by atoms with Crippen LogP contribution < -0.4 is 0 Å². The lowest BCUT2D eigenvalue weighted by molar-refractivity contribution is -0.122. The zero-order valence-electron chi connectivity index (χ0n) is 12.2. The average molecular weight is 304 g/mol. The summed E-state index contributed by atoms with van der Waals surface area (Å²) in [7, 11) is 0. The van der Waals surface area contributed by atoms with Gasteiger partial charge in [0.2, 0.25) is 0 Å². The van der Waals surface area contributed by atoms with Gasteiger partial charge in [-0.2, -0.15) is 21.0 Å². The molecule has 1 aliphatic rings. The molecule has 1 fully saturated rings. The van der Waals surface area contributed by atoms with Crippen molar-refractivity contribution in [2.75, 3.05) is 0 Å². The lowest BCUT2D eigenvalue weighted by Crippen LogP contribution is -2.41. The molecular weight excluding hydrogens is 292 g/mol. The standard InChI is InChI=1S/C17H12N4O2/c18-8-13(9-19)17(10-20,11-21)15-5-1-3-12(16(15)22)7-14-4-2-6-23-14/h2,4,6-7,13,15H,1,3,5H2/b12-7+/t15-/m1/s1. The fourth-order valence-electron chi connectivity index (χ4n) is 2.84. The topological polar surface area (TPSA) is 125 Å². The number of ketones is 1. The van der Waals surface area contributed by atoms with Crippen molar-refractivity contribution in [2.45, 2.75) is 19.3 Å². The Balaban J connectivity index is 2.45. The van der Waals surface area contributed by atoms with Crippen LogP contribution in [0.4, 0.5) is 0 Å². The summed E-state index contributed by atoms with van der Waals surface area (Å²) in [4.78, 5) is 12.7. The van der Waals surface area contributed by atoms with Crippen LogP contribution in [-0.4, -0.2) is 5.78 Å². The number of furan rings is 1. The first-order valence-electron chi connectivity index (χ1n) is 7.03. The fourth-order valence-corrected chi connectivity index (χ4v) is 2.84. The Kier molecular flexibility index (Phi) is 4.61. The molecule has 6 heteroatoms. The number of hydrogen-bond acceptors (Lipinski definition) is 6. The van der Waals surface area contributed by atoms with Crippen molar-refractivity contribution in [3.8, 4) is 24.3 Å². The summed E-state index contributed by atoms with van der Waals surface area (Å²) in [5.74, 6) is -2.33. The van der Waals surface area contributed by atoms with Gasteiger partial charge in [0.25, 0.3) is 0 Å². The van der Waals surface area contributed by atoms with E-state index in [1.165, 1.54) is 6.26 Å². The molecule has 112 valence electrons. The molecule has 2 rings (SSSR count). The van der Waals surface area contributed by atoms with E-state index in [2.05, 4.69) is 0 Å². The Labute approximate surface area is 133 Å². The van der Waals surface area contributed by atoms with Gasteiger partial charge in [0.15, 0.2) is 17.1 Å². The van der Waals surface area contributed by atoms with Crippen LogP contribution in [-0.2, 0) is 4.79 Å². The molecule has 0 unspecified atom stereocenters. The number of hydrogen-bond donors (Lipinski definition) is 0. The van der Waals surface area contributed by atoms with Gasteiger partial charge in [-0.15, -0.1) is 0 Å². The molecule has 0 spiro atoms. The van der Waals surface area contributed by atoms with Crippen molar-refractivity contribution in [3.05, 3.63) is 29.7 Å². The summed E-state index contributed by atoms with van der Waals surface area (Å²) in [6.45, 7) is 0. The minimum atomic E-state index is -1.96. The van der Waals surface area contributed by atoms with Gasteiger partial charge >= 0.3 is 0 Å². The van der Waals surface area contributed by atoms with E-state index in [4.69, 9.17) is 14.9 Å². The molecule has 1 heterocycles. The molecule has 1 aromatic rings. The van der Waals surface area contributed by atoms with Crippen LogP contribution in [0, 0.1) is 62.6 Å². The maximum absolute atomic E-state index is 12.7. The molecule has 0 aromatic carbocycles.